The molecule has 1 fully saturated rings. The minimum absolute atomic E-state index is 0.00175. The number of rotatable bonds is 5. The molecule has 1 heterocycles. The van der Waals surface area contributed by atoms with E-state index in [1.807, 2.05) is 13.0 Å². The van der Waals surface area contributed by atoms with E-state index in [1.165, 1.54) is 4.88 Å². The van der Waals surface area contributed by atoms with Crippen LogP contribution in [0, 0.1) is 5.41 Å². The van der Waals surface area contributed by atoms with Crippen LogP contribution in [0.2, 0.25) is 0 Å². The van der Waals surface area contributed by atoms with Crippen molar-refractivity contribution in [2.24, 2.45) is 11.1 Å². The van der Waals surface area contributed by atoms with Crippen LogP contribution in [0.4, 0.5) is 0 Å². The van der Waals surface area contributed by atoms with Crippen molar-refractivity contribution >= 4 is 17.2 Å². The number of carbonyl (C=O) groups excluding carboxylic acids is 1. The third-order valence-electron chi connectivity index (χ3n) is 4.32. The zero-order chi connectivity index (χ0) is 13.9. The summed E-state index contributed by atoms with van der Waals surface area (Å²) >= 11 is 1.71. The van der Waals surface area contributed by atoms with E-state index in [0.717, 1.165) is 32.1 Å². The van der Waals surface area contributed by atoms with E-state index in [2.05, 4.69) is 23.7 Å². The van der Waals surface area contributed by atoms with E-state index >= 15 is 0 Å². The topological polar surface area (TPSA) is 55.1 Å². The Morgan fingerprint density at radius 1 is 1.68 bits per heavy atom. The summed E-state index contributed by atoms with van der Waals surface area (Å²) in [5.41, 5.74) is 5.74. The van der Waals surface area contributed by atoms with E-state index in [-0.39, 0.29) is 23.4 Å². The van der Waals surface area contributed by atoms with Crippen molar-refractivity contribution < 1.29 is 4.79 Å². The molecule has 0 spiro atoms. The van der Waals surface area contributed by atoms with Gasteiger partial charge in [0.25, 0.3) is 0 Å². The Morgan fingerprint density at radius 3 is 3.00 bits per heavy atom. The highest BCUT2D eigenvalue weighted by Gasteiger charge is 2.43. The zero-order valence-corrected chi connectivity index (χ0v) is 12.6. The normalized spacial score (nSPS) is 28.3. The third-order valence-corrected chi connectivity index (χ3v) is 5.30. The molecule has 1 aromatic rings. The second kappa shape index (κ2) is 6.06. The number of hydrogen-bond donors (Lipinski definition) is 2. The Balaban J connectivity index is 2.07. The van der Waals surface area contributed by atoms with Crippen LogP contribution in [-0.4, -0.2) is 11.9 Å². The SMILES string of the molecule is CCCC(NC(=O)C1(C)CCCC1N)c1cccs1. The van der Waals surface area contributed by atoms with Crippen molar-refractivity contribution in [3.8, 4) is 0 Å². The van der Waals surface area contributed by atoms with Gasteiger partial charge in [0, 0.05) is 10.9 Å². The summed E-state index contributed by atoms with van der Waals surface area (Å²) < 4.78 is 0. The first kappa shape index (κ1) is 14.5. The summed E-state index contributed by atoms with van der Waals surface area (Å²) in [6.07, 6.45) is 4.97. The van der Waals surface area contributed by atoms with Gasteiger partial charge in [-0.05, 0) is 37.6 Å². The molecule has 0 aromatic carbocycles. The second-order valence-electron chi connectivity index (χ2n) is 5.75. The van der Waals surface area contributed by atoms with Crippen LogP contribution in [0.1, 0.15) is 56.9 Å². The van der Waals surface area contributed by atoms with E-state index < -0.39 is 0 Å². The molecule has 1 aromatic heterocycles. The number of thiophene rings is 1. The fourth-order valence-corrected chi connectivity index (χ4v) is 3.67. The molecule has 1 aliphatic carbocycles. The molecular weight excluding hydrogens is 256 g/mol. The molecule has 4 heteroatoms. The van der Waals surface area contributed by atoms with Crippen molar-refractivity contribution in [3.05, 3.63) is 22.4 Å². The quantitative estimate of drug-likeness (QED) is 0.870. The summed E-state index contributed by atoms with van der Waals surface area (Å²) in [7, 11) is 0. The van der Waals surface area contributed by atoms with Gasteiger partial charge in [-0.1, -0.05) is 25.8 Å². The molecule has 3 nitrogen and oxygen atoms in total. The smallest absolute Gasteiger partial charge is 0.228 e. The lowest BCUT2D eigenvalue weighted by molar-refractivity contribution is -0.131. The van der Waals surface area contributed by atoms with Gasteiger partial charge in [-0.15, -0.1) is 11.3 Å². The van der Waals surface area contributed by atoms with Gasteiger partial charge >= 0.3 is 0 Å². The van der Waals surface area contributed by atoms with Crippen molar-refractivity contribution in [1.82, 2.24) is 5.32 Å². The Morgan fingerprint density at radius 2 is 2.47 bits per heavy atom. The fraction of sp³-hybridized carbons (Fsp3) is 0.667. The van der Waals surface area contributed by atoms with Gasteiger partial charge < -0.3 is 11.1 Å². The Hall–Kier alpha value is -0.870. The predicted molar refractivity (Wildman–Crippen MR) is 80.0 cm³/mol. The molecule has 0 aliphatic heterocycles. The van der Waals surface area contributed by atoms with Crippen molar-refractivity contribution in [1.29, 1.82) is 0 Å². The number of nitrogens with one attached hydrogen (secondary N) is 1. The zero-order valence-electron chi connectivity index (χ0n) is 11.8. The maximum atomic E-state index is 12.6. The molecular formula is C15H24N2OS. The molecule has 3 N–H and O–H groups in total. The monoisotopic (exact) mass is 280 g/mol. The summed E-state index contributed by atoms with van der Waals surface area (Å²) in [5.74, 6) is 0.129. The van der Waals surface area contributed by atoms with E-state index in [4.69, 9.17) is 5.73 Å². The van der Waals surface area contributed by atoms with Crippen LogP contribution in [0.5, 0.6) is 0 Å². The van der Waals surface area contributed by atoms with Gasteiger partial charge in [0.15, 0.2) is 0 Å². The molecule has 106 valence electrons. The van der Waals surface area contributed by atoms with Gasteiger partial charge in [-0.3, -0.25) is 4.79 Å². The van der Waals surface area contributed by atoms with Crippen LogP contribution in [0.25, 0.3) is 0 Å². The highest BCUT2D eigenvalue weighted by Crippen LogP contribution is 2.37. The first-order chi connectivity index (χ1) is 9.08. The van der Waals surface area contributed by atoms with Crippen LogP contribution in [0.15, 0.2) is 17.5 Å². The van der Waals surface area contributed by atoms with E-state index in [9.17, 15) is 4.79 Å². The summed E-state index contributed by atoms with van der Waals surface area (Å²) in [5, 5.41) is 5.29. The largest absolute Gasteiger partial charge is 0.348 e. The highest BCUT2D eigenvalue weighted by molar-refractivity contribution is 7.10. The van der Waals surface area contributed by atoms with E-state index in [1.54, 1.807) is 11.3 Å². The average molecular weight is 280 g/mol. The lowest BCUT2D eigenvalue weighted by Gasteiger charge is -2.30. The number of nitrogens with two attached hydrogens (primary N) is 1. The number of hydrogen-bond acceptors (Lipinski definition) is 3. The minimum atomic E-state index is -0.386. The molecule has 3 atom stereocenters. The molecule has 0 saturated heterocycles. The lowest BCUT2D eigenvalue weighted by atomic mass is 9.84. The third kappa shape index (κ3) is 3.00. The molecule has 1 aliphatic rings. The fourth-order valence-electron chi connectivity index (χ4n) is 2.86. The predicted octanol–water partition coefficient (Wildman–Crippen LogP) is 3.22. The van der Waals surface area contributed by atoms with Crippen LogP contribution >= 0.6 is 11.3 Å². The maximum Gasteiger partial charge on any atom is 0.228 e. The Labute approximate surface area is 119 Å². The summed E-state index contributed by atoms with van der Waals surface area (Å²) in [4.78, 5) is 13.8. The minimum Gasteiger partial charge on any atom is -0.348 e. The first-order valence-electron chi connectivity index (χ1n) is 7.18. The van der Waals surface area contributed by atoms with Gasteiger partial charge in [-0.2, -0.15) is 0 Å². The van der Waals surface area contributed by atoms with E-state index in [0.29, 0.717) is 0 Å². The van der Waals surface area contributed by atoms with Gasteiger partial charge in [0.1, 0.15) is 0 Å². The second-order valence-corrected chi connectivity index (χ2v) is 6.73. The molecule has 1 amide bonds. The van der Waals surface area contributed by atoms with Crippen LogP contribution < -0.4 is 11.1 Å². The summed E-state index contributed by atoms with van der Waals surface area (Å²) in [6.45, 7) is 4.16. The van der Waals surface area contributed by atoms with Crippen molar-refractivity contribution in [2.75, 3.05) is 0 Å². The Bertz CT molecular complexity index is 418. The van der Waals surface area contributed by atoms with Gasteiger partial charge in [-0.25, -0.2) is 0 Å². The molecule has 2 rings (SSSR count). The van der Waals surface area contributed by atoms with Gasteiger partial charge in [0.05, 0.1) is 11.5 Å². The average Bonchev–Trinajstić information content (AvgIpc) is 3.01. The lowest BCUT2D eigenvalue weighted by Crippen LogP contribution is -2.48. The maximum absolute atomic E-state index is 12.6. The first-order valence-corrected chi connectivity index (χ1v) is 8.06. The Kier molecular flexibility index (Phi) is 4.63. The molecule has 0 bridgehead atoms. The van der Waals surface area contributed by atoms with Gasteiger partial charge in [0.2, 0.25) is 5.91 Å². The van der Waals surface area contributed by atoms with Crippen LogP contribution in [-0.2, 0) is 4.79 Å². The molecule has 0 radical (unpaired) electrons. The standard InChI is InChI=1S/C15H24N2OS/c1-3-6-11(12-7-5-10-19-12)17-14(18)15(2)9-4-8-13(15)16/h5,7,10-11,13H,3-4,6,8-9,16H2,1-2H3,(H,17,18). The van der Waals surface area contributed by atoms with Crippen molar-refractivity contribution in [2.45, 2.75) is 58.0 Å². The summed E-state index contributed by atoms with van der Waals surface area (Å²) in [6, 6.07) is 4.28. The molecule has 19 heavy (non-hydrogen) atoms. The van der Waals surface area contributed by atoms with Crippen LogP contribution in [0.3, 0.4) is 0 Å². The number of amides is 1. The highest BCUT2D eigenvalue weighted by atomic mass is 32.1. The molecule has 1 saturated carbocycles. The molecule has 3 unspecified atom stereocenters. The van der Waals surface area contributed by atoms with Crippen molar-refractivity contribution in [3.63, 3.8) is 0 Å². The number of carbonyl (C=O) groups is 1.